The molecule has 0 saturated carbocycles. The first-order valence-electron chi connectivity index (χ1n) is 5.32. The lowest BCUT2D eigenvalue weighted by atomic mass is 10.2. The molecule has 1 rings (SSSR count). The summed E-state index contributed by atoms with van der Waals surface area (Å²) in [5.41, 5.74) is 0.764. The molecule has 0 amide bonds. The van der Waals surface area contributed by atoms with E-state index in [1.54, 1.807) is 38.3 Å². The van der Waals surface area contributed by atoms with Crippen molar-refractivity contribution < 1.29 is 18.2 Å². The highest BCUT2D eigenvalue weighted by atomic mass is 32.2. The third kappa shape index (κ3) is 3.75. The molecule has 0 aliphatic carbocycles. The fourth-order valence-corrected chi connectivity index (χ4v) is 1.94. The van der Waals surface area contributed by atoms with Crippen LogP contribution in [-0.2, 0) is 17.8 Å². The lowest BCUT2D eigenvalue weighted by molar-refractivity contribution is 0.385. The highest BCUT2D eigenvalue weighted by molar-refractivity contribution is 7.76. The monoisotopic (exact) mass is 270 g/mol. The first-order chi connectivity index (χ1) is 8.62. The molecule has 0 saturated heterocycles. The molecular weight excluding hydrogens is 254 g/mol. The minimum absolute atomic E-state index is 0.216. The standard InChI is InChI=1S/C12H17NO4S/c1-4-7-13(18(14)15)9-10-5-6-11(16-2)8-12(10)17-3/h4-8H,9H2,1-3H3,(H,14,15)/p-1. The number of ether oxygens (including phenoxy) is 2. The fourth-order valence-electron chi connectivity index (χ4n) is 1.47. The fraction of sp³-hybridized carbons (Fsp3) is 0.333. The normalized spacial score (nSPS) is 12.4. The van der Waals surface area contributed by atoms with Crippen molar-refractivity contribution in [1.82, 2.24) is 4.31 Å². The highest BCUT2D eigenvalue weighted by Gasteiger charge is 2.08. The van der Waals surface area contributed by atoms with Gasteiger partial charge in [0.1, 0.15) is 11.5 Å². The third-order valence-electron chi connectivity index (χ3n) is 2.33. The van der Waals surface area contributed by atoms with E-state index < -0.39 is 11.3 Å². The zero-order valence-corrected chi connectivity index (χ0v) is 11.4. The van der Waals surface area contributed by atoms with Crippen LogP contribution in [0.5, 0.6) is 11.5 Å². The van der Waals surface area contributed by atoms with Gasteiger partial charge in [-0.3, -0.25) is 4.21 Å². The van der Waals surface area contributed by atoms with Crippen molar-refractivity contribution in [3.05, 3.63) is 36.0 Å². The summed E-state index contributed by atoms with van der Waals surface area (Å²) in [7, 11) is 3.10. The second-order valence-corrected chi connectivity index (χ2v) is 4.36. The van der Waals surface area contributed by atoms with Crippen LogP contribution >= 0.6 is 0 Å². The Morgan fingerprint density at radius 1 is 1.39 bits per heavy atom. The van der Waals surface area contributed by atoms with Crippen molar-refractivity contribution in [1.29, 1.82) is 0 Å². The highest BCUT2D eigenvalue weighted by Crippen LogP contribution is 2.26. The van der Waals surface area contributed by atoms with Crippen molar-refractivity contribution in [3.8, 4) is 11.5 Å². The quantitative estimate of drug-likeness (QED) is 0.740. The number of benzene rings is 1. The minimum atomic E-state index is -2.31. The van der Waals surface area contributed by atoms with E-state index in [0.717, 1.165) is 5.56 Å². The molecule has 0 aliphatic heterocycles. The van der Waals surface area contributed by atoms with Gasteiger partial charge in [0.2, 0.25) is 0 Å². The topological polar surface area (TPSA) is 61.8 Å². The Morgan fingerprint density at radius 3 is 2.61 bits per heavy atom. The number of hydrogen-bond acceptors (Lipinski definition) is 4. The second-order valence-electron chi connectivity index (χ2n) is 3.45. The van der Waals surface area contributed by atoms with E-state index in [-0.39, 0.29) is 6.54 Å². The van der Waals surface area contributed by atoms with Crippen molar-refractivity contribution in [2.24, 2.45) is 0 Å². The molecule has 0 aliphatic rings. The summed E-state index contributed by atoms with van der Waals surface area (Å²) in [6, 6.07) is 5.26. The van der Waals surface area contributed by atoms with Crippen LogP contribution in [0.25, 0.3) is 0 Å². The van der Waals surface area contributed by atoms with Gasteiger partial charge in [-0.15, -0.1) is 0 Å². The maximum atomic E-state index is 11.0. The van der Waals surface area contributed by atoms with Crippen LogP contribution in [0.15, 0.2) is 30.5 Å². The molecule has 18 heavy (non-hydrogen) atoms. The van der Waals surface area contributed by atoms with Crippen molar-refractivity contribution in [2.75, 3.05) is 14.2 Å². The molecule has 1 unspecified atom stereocenters. The molecule has 0 aromatic heterocycles. The van der Waals surface area contributed by atoms with E-state index in [0.29, 0.717) is 11.5 Å². The first-order valence-corrected chi connectivity index (χ1v) is 6.35. The Morgan fingerprint density at radius 2 is 2.11 bits per heavy atom. The van der Waals surface area contributed by atoms with Crippen LogP contribution in [0, 0.1) is 0 Å². The average molecular weight is 270 g/mol. The SMILES string of the molecule is CC=CN(Cc1ccc(OC)cc1OC)S(=O)[O-]. The number of allylic oxidation sites excluding steroid dienone is 1. The maximum Gasteiger partial charge on any atom is 0.127 e. The lowest BCUT2D eigenvalue weighted by Crippen LogP contribution is -2.19. The minimum Gasteiger partial charge on any atom is -0.755 e. The van der Waals surface area contributed by atoms with Gasteiger partial charge < -0.3 is 18.3 Å². The van der Waals surface area contributed by atoms with Gasteiger partial charge in [-0.05, 0) is 19.1 Å². The Balaban J connectivity index is 2.98. The summed E-state index contributed by atoms with van der Waals surface area (Å²) in [4.78, 5) is 0. The molecule has 1 atom stereocenters. The molecule has 1 aromatic carbocycles. The van der Waals surface area contributed by atoms with Crippen LogP contribution in [0.3, 0.4) is 0 Å². The molecule has 0 radical (unpaired) electrons. The van der Waals surface area contributed by atoms with Crippen molar-refractivity contribution in [2.45, 2.75) is 13.5 Å². The van der Waals surface area contributed by atoms with Crippen molar-refractivity contribution >= 4 is 11.3 Å². The van der Waals surface area contributed by atoms with Crippen LogP contribution < -0.4 is 9.47 Å². The van der Waals surface area contributed by atoms with E-state index in [1.807, 2.05) is 0 Å². The Kier molecular flexibility index (Phi) is 5.67. The van der Waals surface area contributed by atoms with Gasteiger partial charge in [-0.2, -0.15) is 0 Å². The predicted octanol–water partition coefficient (Wildman–Crippen LogP) is 1.83. The molecule has 6 heteroatoms. The van der Waals surface area contributed by atoms with E-state index in [1.165, 1.54) is 17.6 Å². The number of hydrogen-bond donors (Lipinski definition) is 0. The van der Waals surface area contributed by atoms with Gasteiger partial charge in [0, 0.05) is 29.1 Å². The Bertz CT molecular complexity index is 448. The van der Waals surface area contributed by atoms with Crippen molar-refractivity contribution in [3.63, 3.8) is 0 Å². The number of rotatable bonds is 6. The van der Waals surface area contributed by atoms with Gasteiger partial charge in [-0.1, -0.05) is 6.08 Å². The van der Waals surface area contributed by atoms with E-state index in [4.69, 9.17) is 9.47 Å². The molecular formula is C12H16NO4S-. The molecule has 5 nitrogen and oxygen atoms in total. The molecule has 0 fully saturated rings. The van der Waals surface area contributed by atoms with Gasteiger partial charge in [0.15, 0.2) is 0 Å². The van der Waals surface area contributed by atoms with Gasteiger partial charge in [-0.25, -0.2) is 0 Å². The molecule has 100 valence electrons. The summed E-state index contributed by atoms with van der Waals surface area (Å²) in [5, 5.41) is 0. The van der Waals surface area contributed by atoms with Gasteiger partial charge >= 0.3 is 0 Å². The molecule has 0 N–H and O–H groups in total. The molecule has 0 spiro atoms. The summed E-state index contributed by atoms with van der Waals surface area (Å²) < 4.78 is 33.5. The Labute approximate surface area is 109 Å². The smallest absolute Gasteiger partial charge is 0.127 e. The summed E-state index contributed by atoms with van der Waals surface area (Å²) in [5.74, 6) is 1.26. The summed E-state index contributed by atoms with van der Waals surface area (Å²) in [6.45, 7) is 1.97. The lowest BCUT2D eigenvalue weighted by Gasteiger charge is -2.23. The molecule has 0 heterocycles. The Hall–Kier alpha value is -1.53. The number of methoxy groups -OCH3 is 2. The largest absolute Gasteiger partial charge is 0.755 e. The zero-order valence-electron chi connectivity index (χ0n) is 10.6. The average Bonchev–Trinajstić information content (AvgIpc) is 2.38. The zero-order chi connectivity index (χ0) is 13.5. The number of nitrogens with zero attached hydrogens (tertiary/aromatic N) is 1. The maximum absolute atomic E-state index is 11.0. The van der Waals surface area contributed by atoms with E-state index in [2.05, 4.69) is 0 Å². The predicted molar refractivity (Wildman–Crippen MR) is 68.8 cm³/mol. The second kappa shape index (κ2) is 7.03. The van der Waals surface area contributed by atoms with Gasteiger partial charge in [0.25, 0.3) is 0 Å². The van der Waals surface area contributed by atoms with Crippen LogP contribution in [0.1, 0.15) is 12.5 Å². The van der Waals surface area contributed by atoms with Crippen LogP contribution in [-0.4, -0.2) is 27.3 Å². The summed E-state index contributed by atoms with van der Waals surface area (Å²) in [6.07, 6.45) is 3.15. The molecule has 1 aromatic rings. The summed E-state index contributed by atoms with van der Waals surface area (Å²) >= 11 is -2.31. The van der Waals surface area contributed by atoms with E-state index >= 15 is 0 Å². The molecule has 0 bridgehead atoms. The van der Waals surface area contributed by atoms with E-state index in [9.17, 15) is 8.76 Å². The first kappa shape index (κ1) is 14.5. The third-order valence-corrected chi connectivity index (χ3v) is 2.96. The van der Waals surface area contributed by atoms with Crippen LogP contribution in [0.4, 0.5) is 0 Å². The van der Waals surface area contributed by atoms with Crippen LogP contribution in [0.2, 0.25) is 0 Å². The van der Waals surface area contributed by atoms with Gasteiger partial charge in [0.05, 0.1) is 20.8 Å².